The Morgan fingerprint density at radius 3 is 2.83 bits per heavy atom. The quantitative estimate of drug-likeness (QED) is 0.825. The van der Waals surface area contributed by atoms with Crippen LogP contribution in [0.15, 0.2) is 36.5 Å². The lowest BCUT2D eigenvalue weighted by atomic mass is 10.1. The van der Waals surface area contributed by atoms with E-state index in [0.717, 1.165) is 16.9 Å². The Hall–Kier alpha value is -2.34. The number of pyridine rings is 1. The van der Waals surface area contributed by atoms with Gasteiger partial charge in [0.05, 0.1) is 0 Å². The van der Waals surface area contributed by atoms with Crippen molar-refractivity contribution in [2.75, 3.05) is 0 Å². The summed E-state index contributed by atoms with van der Waals surface area (Å²) in [4.78, 5) is 3.93. The molecule has 18 heavy (non-hydrogen) atoms. The van der Waals surface area contributed by atoms with Gasteiger partial charge in [-0.1, -0.05) is 12.1 Å². The smallest absolute Gasteiger partial charge is 0.140 e. The van der Waals surface area contributed by atoms with Crippen LogP contribution >= 0.6 is 0 Å². The molecular formula is C15H14N2O. The summed E-state index contributed by atoms with van der Waals surface area (Å²) in [6.07, 6.45) is 1.63. The van der Waals surface area contributed by atoms with E-state index in [0.29, 0.717) is 12.3 Å². The molecule has 2 aromatic rings. The Morgan fingerprint density at radius 1 is 1.22 bits per heavy atom. The second-order valence-electron chi connectivity index (χ2n) is 4.22. The number of nitrogens with zero attached hydrogens (tertiary/aromatic N) is 2. The molecule has 3 heteroatoms. The zero-order chi connectivity index (χ0) is 13.0. The van der Waals surface area contributed by atoms with E-state index in [-0.39, 0.29) is 0 Å². The fraction of sp³-hybridized carbons (Fsp3) is 0.200. The molecule has 0 bridgehead atoms. The van der Waals surface area contributed by atoms with Crippen LogP contribution in [0.25, 0.3) is 0 Å². The minimum atomic E-state index is 0.414. The summed E-state index contributed by atoms with van der Waals surface area (Å²) in [5, 5.41) is 8.77. The lowest BCUT2D eigenvalue weighted by Crippen LogP contribution is -1.98. The summed E-state index contributed by atoms with van der Waals surface area (Å²) in [7, 11) is 0. The van der Waals surface area contributed by atoms with Gasteiger partial charge in [-0.05, 0) is 48.7 Å². The van der Waals surface area contributed by atoms with Gasteiger partial charge < -0.3 is 4.74 Å². The summed E-state index contributed by atoms with van der Waals surface area (Å²) >= 11 is 0. The first-order valence-corrected chi connectivity index (χ1v) is 5.74. The number of aryl methyl sites for hydroxylation is 2. The predicted octanol–water partition coefficient (Wildman–Crippen LogP) is 3.15. The number of aromatic nitrogens is 1. The predicted molar refractivity (Wildman–Crippen MR) is 69.2 cm³/mol. The SMILES string of the molecule is Cc1ccc(C)c(OCc2ccnc(C#N)c2)c1. The molecule has 0 N–H and O–H groups in total. The molecule has 0 aliphatic heterocycles. The second kappa shape index (κ2) is 5.33. The molecule has 0 saturated heterocycles. The van der Waals surface area contributed by atoms with Crippen LogP contribution in [-0.4, -0.2) is 4.98 Å². The molecule has 0 aliphatic carbocycles. The van der Waals surface area contributed by atoms with Crippen LogP contribution in [0.1, 0.15) is 22.4 Å². The highest BCUT2D eigenvalue weighted by molar-refractivity contribution is 5.36. The van der Waals surface area contributed by atoms with Crippen molar-refractivity contribution in [3.8, 4) is 11.8 Å². The van der Waals surface area contributed by atoms with Gasteiger partial charge in [0.15, 0.2) is 0 Å². The van der Waals surface area contributed by atoms with Gasteiger partial charge >= 0.3 is 0 Å². The first-order valence-electron chi connectivity index (χ1n) is 5.74. The second-order valence-corrected chi connectivity index (χ2v) is 4.22. The normalized spacial score (nSPS) is 9.83. The summed E-state index contributed by atoms with van der Waals surface area (Å²) in [6.45, 7) is 4.50. The summed E-state index contributed by atoms with van der Waals surface area (Å²) in [5.74, 6) is 0.880. The van der Waals surface area contributed by atoms with E-state index in [9.17, 15) is 0 Å². The van der Waals surface area contributed by atoms with Crippen LogP contribution in [0.3, 0.4) is 0 Å². The van der Waals surface area contributed by atoms with E-state index in [1.807, 2.05) is 38.1 Å². The molecule has 0 unspecified atom stereocenters. The Labute approximate surface area is 107 Å². The van der Waals surface area contributed by atoms with Gasteiger partial charge in [0.2, 0.25) is 0 Å². The highest BCUT2D eigenvalue weighted by atomic mass is 16.5. The van der Waals surface area contributed by atoms with Crippen molar-refractivity contribution in [3.05, 3.63) is 58.9 Å². The maximum absolute atomic E-state index is 8.77. The Kier molecular flexibility index (Phi) is 3.59. The van der Waals surface area contributed by atoms with Gasteiger partial charge in [-0.3, -0.25) is 0 Å². The highest BCUT2D eigenvalue weighted by Crippen LogP contribution is 2.20. The molecule has 0 fully saturated rings. The zero-order valence-corrected chi connectivity index (χ0v) is 10.5. The molecule has 0 saturated carbocycles. The topological polar surface area (TPSA) is 45.9 Å². The zero-order valence-electron chi connectivity index (χ0n) is 10.5. The van der Waals surface area contributed by atoms with Gasteiger partial charge in [-0.15, -0.1) is 0 Å². The number of hydrogen-bond donors (Lipinski definition) is 0. The molecule has 1 aromatic carbocycles. The average Bonchev–Trinajstić information content (AvgIpc) is 2.40. The fourth-order valence-corrected chi connectivity index (χ4v) is 1.65. The van der Waals surface area contributed by atoms with Gasteiger partial charge in [0, 0.05) is 6.20 Å². The van der Waals surface area contributed by atoms with Crippen molar-refractivity contribution in [3.63, 3.8) is 0 Å². The third-order valence-corrected chi connectivity index (χ3v) is 2.68. The largest absolute Gasteiger partial charge is 0.489 e. The van der Waals surface area contributed by atoms with E-state index in [1.54, 1.807) is 12.3 Å². The Morgan fingerprint density at radius 2 is 2.06 bits per heavy atom. The summed E-state index contributed by atoms with van der Waals surface area (Å²) in [5.41, 5.74) is 3.64. The molecule has 1 heterocycles. The van der Waals surface area contributed by atoms with Gasteiger partial charge in [-0.25, -0.2) is 4.98 Å². The number of ether oxygens (including phenoxy) is 1. The van der Waals surface area contributed by atoms with Crippen LogP contribution < -0.4 is 4.74 Å². The maximum atomic E-state index is 8.77. The average molecular weight is 238 g/mol. The summed E-state index contributed by atoms with van der Waals surface area (Å²) in [6, 6.07) is 11.7. The van der Waals surface area contributed by atoms with Gasteiger partial charge in [0.1, 0.15) is 24.1 Å². The third kappa shape index (κ3) is 2.86. The molecule has 1 aromatic heterocycles. The third-order valence-electron chi connectivity index (χ3n) is 2.68. The van der Waals surface area contributed by atoms with E-state index in [2.05, 4.69) is 11.1 Å². The van der Waals surface area contributed by atoms with Crippen LogP contribution in [0.5, 0.6) is 5.75 Å². The van der Waals surface area contributed by atoms with Crippen LogP contribution in [0, 0.1) is 25.2 Å². The molecule has 2 rings (SSSR count). The molecule has 0 spiro atoms. The molecule has 90 valence electrons. The number of hydrogen-bond acceptors (Lipinski definition) is 3. The number of nitriles is 1. The maximum Gasteiger partial charge on any atom is 0.140 e. The van der Waals surface area contributed by atoms with Gasteiger partial charge in [-0.2, -0.15) is 5.26 Å². The van der Waals surface area contributed by atoms with Crippen molar-refractivity contribution < 1.29 is 4.74 Å². The van der Waals surface area contributed by atoms with E-state index >= 15 is 0 Å². The van der Waals surface area contributed by atoms with Gasteiger partial charge in [0.25, 0.3) is 0 Å². The summed E-state index contributed by atoms with van der Waals surface area (Å²) < 4.78 is 5.77. The first-order chi connectivity index (χ1) is 8.69. The van der Waals surface area contributed by atoms with Crippen LogP contribution in [0.4, 0.5) is 0 Å². The molecule has 0 atom stereocenters. The van der Waals surface area contributed by atoms with Crippen molar-refractivity contribution >= 4 is 0 Å². The molecule has 3 nitrogen and oxygen atoms in total. The number of benzene rings is 1. The van der Waals surface area contributed by atoms with E-state index in [4.69, 9.17) is 10.00 Å². The lowest BCUT2D eigenvalue weighted by molar-refractivity contribution is 0.303. The molecular weight excluding hydrogens is 224 g/mol. The molecule has 0 amide bonds. The first kappa shape index (κ1) is 12.1. The highest BCUT2D eigenvalue weighted by Gasteiger charge is 2.01. The van der Waals surface area contributed by atoms with E-state index < -0.39 is 0 Å². The van der Waals surface area contributed by atoms with Crippen molar-refractivity contribution in [2.45, 2.75) is 20.5 Å². The lowest BCUT2D eigenvalue weighted by Gasteiger charge is -2.10. The van der Waals surface area contributed by atoms with Crippen molar-refractivity contribution in [2.24, 2.45) is 0 Å². The monoisotopic (exact) mass is 238 g/mol. The Balaban J connectivity index is 2.11. The number of rotatable bonds is 3. The van der Waals surface area contributed by atoms with Crippen LogP contribution in [-0.2, 0) is 6.61 Å². The van der Waals surface area contributed by atoms with Crippen LogP contribution in [0.2, 0.25) is 0 Å². The van der Waals surface area contributed by atoms with Crippen molar-refractivity contribution in [1.82, 2.24) is 4.98 Å². The molecule has 0 radical (unpaired) electrons. The minimum absolute atomic E-state index is 0.414. The minimum Gasteiger partial charge on any atom is -0.489 e. The van der Waals surface area contributed by atoms with E-state index in [1.165, 1.54) is 5.56 Å². The van der Waals surface area contributed by atoms with Crippen molar-refractivity contribution in [1.29, 1.82) is 5.26 Å². The standard InChI is InChI=1S/C15H14N2O/c1-11-3-4-12(2)15(7-11)18-10-13-5-6-17-14(8-13)9-16/h3-8H,10H2,1-2H3. The Bertz CT molecular complexity index is 600. The molecule has 0 aliphatic rings. The fourth-order valence-electron chi connectivity index (χ4n) is 1.65.